The summed E-state index contributed by atoms with van der Waals surface area (Å²) in [5.41, 5.74) is 2.17. The van der Waals surface area contributed by atoms with Crippen LogP contribution in [0, 0.1) is 0 Å². The molecule has 13 heavy (non-hydrogen) atoms. The van der Waals surface area contributed by atoms with E-state index in [1.54, 1.807) is 10.9 Å². The van der Waals surface area contributed by atoms with Gasteiger partial charge in [0.25, 0.3) is 0 Å². The molecule has 0 radical (unpaired) electrons. The number of aromatic nitrogens is 2. The van der Waals surface area contributed by atoms with E-state index in [1.807, 2.05) is 14.0 Å². The molecular formula is C9H12BrClN2. The molecule has 0 N–H and O–H groups in total. The van der Waals surface area contributed by atoms with E-state index < -0.39 is 0 Å². The van der Waals surface area contributed by atoms with Gasteiger partial charge in [-0.15, -0.1) is 0 Å². The van der Waals surface area contributed by atoms with Crippen LogP contribution in [-0.4, -0.2) is 15.1 Å². The zero-order valence-corrected chi connectivity index (χ0v) is 10.1. The Labute approximate surface area is 91.7 Å². The third-order valence-corrected chi connectivity index (χ3v) is 2.56. The largest absolute Gasteiger partial charge is 0.267 e. The van der Waals surface area contributed by atoms with Crippen molar-refractivity contribution in [1.82, 2.24) is 9.78 Å². The maximum Gasteiger partial charge on any atom is 0.0862 e. The van der Waals surface area contributed by atoms with Gasteiger partial charge in [0, 0.05) is 12.4 Å². The Bertz CT molecular complexity index is 298. The third-order valence-electron chi connectivity index (χ3n) is 1.83. The third kappa shape index (κ3) is 2.58. The molecule has 0 spiro atoms. The summed E-state index contributed by atoms with van der Waals surface area (Å²) < 4.78 is 1.79. The normalized spacial score (nSPS) is 12.2. The standard InChI is InChI=1S/C9H12BrClN2/c1-7(4-3-5-10)9-8(11)6-12-13(9)2/h4,6H,3,5H2,1-2H3. The van der Waals surface area contributed by atoms with Crippen molar-refractivity contribution in [3.8, 4) is 0 Å². The second kappa shape index (κ2) is 4.82. The number of halogens is 2. The Balaban J connectivity index is 2.93. The first-order valence-corrected chi connectivity index (χ1v) is 5.57. The average Bonchev–Trinajstić information content (AvgIpc) is 2.42. The van der Waals surface area contributed by atoms with E-state index in [2.05, 4.69) is 27.1 Å². The molecule has 2 nitrogen and oxygen atoms in total. The van der Waals surface area contributed by atoms with Crippen molar-refractivity contribution >= 4 is 33.1 Å². The van der Waals surface area contributed by atoms with E-state index in [0.29, 0.717) is 5.02 Å². The lowest BCUT2D eigenvalue weighted by molar-refractivity contribution is 0.755. The second-order valence-corrected chi connectivity index (χ2v) is 4.03. The highest BCUT2D eigenvalue weighted by Gasteiger charge is 2.06. The van der Waals surface area contributed by atoms with Gasteiger partial charge in [-0.25, -0.2) is 0 Å². The second-order valence-electron chi connectivity index (χ2n) is 2.83. The van der Waals surface area contributed by atoms with Gasteiger partial charge in [-0.05, 0) is 18.9 Å². The van der Waals surface area contributed by atoms with E-state index in [1.165, 1.54) is 5.57 Å². The Morgan fingerprint density at radius 2 is 2.46 bits per heavy atom. The number of nitrogens with zero attached hydrogens (tertiary/aromatic N) is 2. The van der Waals surface area contributed by atoms with Crippen LogP contribution < -0.4 is 0 Å². The Morgan fingerprint density at radius 3 is 2.92 bits per heavy atom. The summed E-state index contributed by atoms with van der Waals surface area (Å²) in [5, 5.41) is 5.76. The highest BCUT2D eigenvalue weighted by molar-refractivity contribution is 9.09. The molecule has 0 saturated carbocycles. The summed E-state index contributed by atoms with van der Waals surface area (Å²) in [4.78, 5) is 0. The zero-order chi connectivity index (χ0) is 9.84. The number of alkyl halides is 1. The van der Waals surface area contributed by atoms with Crippen molar-refractivity contribution in [3.05, 3.63) is 23.0 Å². The Morgan fingerprint density at radius 1 is 1.77 bits per heavy atom. The molecule has 0 unspecified atom stereocenters. The highest BCUT2D eigenvalue weighted by Crippen LogP contribution is 2.22. The minimum absolute atomic E-state index is 0.714. The first-order valence-electron chi connectivity index (χ1n) is 4.07. The monoisotopic (exact) mass is 262 g/mol. The van der Waals surface area contributed by atoms with Gasteiger partial charge in [0.2, 0.25) is 0 Å². The molecule has 1 rings (SSSR count). The highest BCUT2D eigenvalue weighted by atomic mass is 79.9. The van der Waals surface area contributed by atoms with Crippen molar-refractivity contribution in [3.63, 3.8) is 0 Å². The lowest BCUT2D eigenvalue weighted by Gasteiger charge is -2.02. The van der Waals surface area contributed by atoms with Crippen LogP contribution in [0.25, 0.3) is 5.57 Å². The molecule has 0 aliphatic carbocycles. The molecule has 72 valence electrons. The molecule has 0 fully saturated rings. The lowest BCUT2D eigenvalue weighted by Crippen LogP contribution is -1.96. The molecule has 0 bridgehead atoms. The van der Waals surface area contributed by atoms with Crippen molar-refractivity contribution in [2.45, 2.75) is 13.3 Å². The Kier molecular flexibility index (Phi) is 4.00. The fourth-order valence-electron chi connectivity index (χ4n) is 1.22. The van der Waals surface area contributed by atoms with Crippen molar-refractivity contribution < 1.29 is 0 Å². The number of rotatable bonds is 3. The molecule has 0 amide bonds. The fourth-order valence-corrected chi connectivity index (χ4v) is 1.77. The maximum atomic E-state index is 5.98. The minimum Gasteiger partial charge on any atom is -0.267 e. The number of hydrogen-bond donors (Lipinski definition) is 0. The van der Waals surface area contributed by atoms with Crippen LogP contribution in [0.4, 0.5) is 0 Å². The van der Waals surface area contributed by atoms with Gasteiger partial charge in [-0.3, -0.25) is 4.68 Å². The number of aryl methyl sites for hydroxylation is 1. The summed E-state index contributed by atoms with van der Waals surface area (Å²) >= 11 is 9.36. The van der Waals surface area contributed by atoms with Gasteiger partial charge in [-0.2, -0.15) is 5.10 Å². The van der Waals surface area contributed by atoms with Crippen LogP contribution in [-0.2, 0) is 7.05 Å². The zero-order valence-electron chi connectivity index (χ0n) is 7.72. The van der Waals surface area contributed by atoms with Crippen LogP contribution >= 0.6 is 27.5 Å². The van der Waals surface area contributed by atoms with Crippen LogP contribution in [0.15, 0.2) is 12.3 Å². The first kappa shape index (κ1) is 10.8. The number of allylic oxidation sites excluding steroid dienone is 2. The summed E-state index contributed by atoms with van der Waals surface area (Å²) in [6.07, 6.45) is 4.83. The van der Waals surface area contributed by atoms with E-state index in [-0.39, 0.29) is 0 Å². The molecule has 0 aromatic carbocycles. The summed E-state index contributed by atoms with van der Waals surface area (Å²) in [6.45, 7) is 2.05. The molecule has 0 atom stereocenters. The van der Waals surface area contributed by atoms with Crippen LogP contribution in [0.2, 0.25) is 5.02 Å². The van der Waals surface area contributed by atoms with Gasteiger partial charge in [-0.1, -0.05) is 33.6 Å². The van der Waals surface area contributed by atoms with E-state index in [4.69, 9.17) is 11.6 Å². The first-order chi connectivity index (χ1) is 6.16. The van der Waals surface area contributed by atoms with Crippen molar-refractivity contribution in [1.29, 1.82) is 0 Å². The van der Waals surface area contributed by atoms with E-state index >= 15 is 0 Å². The molecule has 1 heterocycles. The van der Waals surface area contributed by atoms with Crippen LogP contribution in [0.3, 0.4) is 0 Å². The quantitative estimate of drug-likeness (QED) is 0.766. The smallest absolute Gasteiger partial charge is 0.0862 e. The summed E-state index contributed by atoms with van der Waals surface area (Å²) in [5.74, 6) is 0. The van der Waals surface area contributed by atoms with Gasteiger partial charge in [0.15, 0.2) is 0 Å². The molecule has 0 saturated heterocycles. The SMILES string of the molecule is CC(=CCCBr)c1c(Cl)cnn1C. The lowest BCUT2D eigenvalue weighted by atomic mass is 10.2. The number of hydrogen-bond acceptors (Lipinski definition) is 1. The molecule has 1 aromatic rings. The average molecular weight is 264 g/mol. The molecule has 0 aliphatic rings. The summed E-state index contributed by atoms with van der Waals surface area (Å²) in [7, 11) is 1.90. The van der Waals surface area contributed by atoms with Crippen LogP contribution in [0.1, 0.15) is 19.0 Å². The molecule has 1 aromatic heterocycles. The van der Waals surface area contributed by atoms with Crippen LogP contribution in [0.5, 0.6) is 0 Å². The molecular weight excluding hydrogens is 251 g/mol. The van der Waals surface area contributed by atoms with Gasteiger partial charge >= 0.3 is 0 Å². The molecule has 0 aliphatic heterocycles. The fraction of sp³-hybridized carbons (Fsp3) is 0.444. The van der Waals surface area contributed by atoms with Gasteiger partial charge in [0.05, 0.1) is 16.9 Å². The van der Waals surface area contributed by atoms with E-state index in [0.717, 1.165) is 17.4 Å². The molecule has 4 heteroatoms. The Hall–Kier alpha value is -0.280. The minimum atomic E-state index is 0.714. The summed E-state index contributed by atoms with van der Waals surface area (Å²) in [6, 6.07) is 0. The predicted octanol–water partition coefficient (Wildman–Crippen LogP) is 3.26. The van der Waals surface area contributed by atoms with Crippen molar-refractivity contribution in [2.75, 3.05) is 5.33 Å². The maximum absolute atomic E-state index is 5.98. The topological polar surface area (TPSA) is 17.8 Å². The van der Waals surface area contributed by atoms with E-state index in [9.17, 15) is 0 Å². The van der Waals surface area contributed by atoms with Gasteiger partial charge < -0.3 is 0 Å². The predicted molar refractivity (Wildman–Crippen MR) is 60.3 cm³/mol. The van der Waals surface area contributed by atoms with Crippen molar-refractivity contribution in [2.24, 2.45) is 7.05 Å². The van der Waals surface area contributed by atoms with Gasteiger partial charge in [0.1, 0.15) is 0 Å².